The lowest BCUT2D eigenvalue weighted by Gasteiger charge is -2.14. The average molecular weight is 649 g/mol. The molecule has 0 amide bonds. The smallest absolute Gasteiger partial charge is 0.414 e. The molecule has 0 aliphatic rings. The minimum atomic E-state index is -1.82. The molecule has 0 aliphatic carbocycles. The van der Waals surface area contributed by atoms with Gasteiger partial charge in [0.05, 0.1) is 32.5 Å². The summed E-state index contributed by atoms with van der Waals surface area (Å²) in [5.41, 5.74) is 12.5. The first kappa shape index (κ1) is 49.1. The van der Waals surface area contributed by atoms with Gasteiger partial charge in [-0.1, -0.05) is 43.5 Å². The molecule has 1 rings (SSSR count). The van der Waals surface area contributed by atoms with Gasteiger partial charge in [-0.25, -0.2) is 9.59 Å². The normalized spacial score (nSPS) is 9.22. The molecule has 1 aromatic carbocycles. The van der Waals surface area contributed by atoms with Gasteiger partial charge < -0.3 is 52.3 Å². The number of hydrogen-bond acceptors (Lipinski definition) is 11. The fraction of sp³-hybridized carbons (Fsp3) is 0.346. The highest BCUT2D eigenvalue weighted by atomic mass is 16.4. The van der Waals surface area contributed by atoms with Gasteiger partial charge in [0.1, 0.15) is 6.04 Å². The molecule has 19 nitrogen and oxygen atoms in total. The second kappa shape index (κ2) is 34.6. The topological polar surface area (TPSA) is 354 Å². The maximum Gasteiger partial charge on any atom is 0.414 e. The van der Waals surface area contributed by atoms with Gasteiger partial charge in [0.25, 0.3) is 0 Å². The zero-order chi connectivity index (χ0) is 36.4. The molecule has 0 aromatic heterocycles. The van der Waals surface area contributed by atoms with Crippen molar-refractivity contribution in [2.45, 2.75) is 31.7 Å². The number of benzene rings is 1. The van der Waals surface area contributed by atoms with Gasteiger partial charge in [-0.05, 0) is 25.5 Å². The lowest BCUT2D eigenvalue weighted by atomic mass is 10.2. The van der Waals surface area contributed by atoms with Crippen molar-refractivity contribution in [3.05, 3.63) is 55.3 Å². The van der Waals surface area contributed by atoms with Crippen LogP contribution in [0, 0.1) is 6.07 Å². The summed E-state index contributed by atoms with van der Waals surface area (Å²) in [6, 6.07) is 11.8. The van der Waals surface area contributed by atoms with Crippen LogP contribution in [0.2, 0.25) is 0 Å². The van der Waals surface area contributed by atoms with Gasteiger partial charge in [0, 0.05) is 0 Å². The molecule has 0 bridgehead atoms. The van der Waals surface area contributed by atoms with Crippen molar-refractivity contribution in [1.82, 2.24) is 4.90 Å². The van der Waals surface area contributed by atoms with E-state index in [4.69, 9.17) is 61.9 Å². The third-order valence-electron chi connectivity index (χ3n) is 3.46. The summed E-state index contributed by atoms with van der Waals surface area (Å²) < 4.78 is 0. The van der Waals surface area contributed by atoms with Crippen molar-refractivity contribution in [3.63, 3.8) is 0 Å². The molecular formula is C26H38N3O16. The number of hydrogen-bond donors (Lipinski definition) is 10. The molecule has 19 heteroatoms. The number of carboxylic acids is 8. The Morgan fingerprint density at radius 2 is 1.00 bits per heavy atom. The average Bonchev–Trinajstić information content (AvgIpc) is 2.92. The Labute approximate surface area is 256 Å². The van der Waals surface area contributed by atoms with E-state index in [0.29, 0.717) is 19.4 Å². The quantitative estimate of drug-likeness (QED) is 0.0925. The molecule has 1 atom stereocenters. The zero-order valence-corrected chi connectivity index (χ0v) is 24.0. The number of nitrogens with zero attached hydrogens (tertiary/aromatic N) is 1. The molecule has 0 spiro atoms. The van der Waals surface area contributed by atoms with Crippen molar-refractivity contribution >= 4 is 47.8 Å². The molecule has 253 valence electrons. The van der Waals surface area contributed by atoms with Crippen molar-refractivity contribution < 1.29 is 79.2 Å². The van der Waals surface area contributed by atoms with Gasteiger partial charge in [0.15, 0.2) is 0 Å². The number of carbonyl (C=O) groups is 8. The molecule has 1 radical (unpaired) electrons. The summed E-state index contributed by atoms with van der Waals surface area (Å²) >= 11 is 0. The summed E-state index contributed by atoms with van der Waals surface area (Å²) in [6.45, 7) is 4.96. The Morgan fingerprint density at radius 3 is 1.16 bits per heavy atom. The van der Waals surface area contributed by atoms with Crippen LogP contribution in [0.4, 0.5) is 0 Å². The largest absolute Gasteiger partial charge is 0.481 e. The lowest BCUT2D eigenvalue weighted by molar-refractivity contribution is -0.159. The number of nitrogens with two attached hydrogens (primary N) is 2. The second-order valence-electron chi connectivity index (χ2n) is 7.43. The first-order chi connectivity index (χ1) is 20.8. The van der Waals surface area contributed by atoms with Crippen LogP contribution in [-0.2, 0) is 38.4 Å². The van der Waals surface area contributed by atoms with Crippen LogP contribution < -0.4 is 11.5 Å². The van der Waals surface area contributed by atoms with Crippen LogP contribution in [0.15, 0.2) is 49.2 Å². The Bertz CT molecular complexity index is 967. The molecule has 0 saturated heterocycles. The fourth-order valence-corrected chi connectivity index (χ4v) is 1.76. The van der Waals surface area contributed by atoms with E-state index in [9.17, 15) is 28.8 Å². The molecular weight excluding hydrogens is 610 g/mol. The SMILES string of the molecule is C=C=C.NCCC[C@H](N)C(=O)O.O=C(O)C(=O)O.O=C(O)CCC(=O)O.O=C(O)CN(CC(=O)O)CC(=O)O.[c]1ccccc1. The van der Waals surface area contributed by atoms with Crippen molar-refractivity contribution in [1.29, 1.82) is 0 Å². The maximum atomic E-state index is 10.1. The number of aliphatic carboxylic acids is 8. The van der Waals surface area contributed by atoms with E-state index < -0.39 is 73.4 Å². The second-order valence-corrected chi connectivity index (χ2v) is 7.43. The summed E-state index contributed by atoms with van der Waals surface area (Å²) in [4.78, 5) is 78.8. The number of rotatable bonds is 13. The maximum absolute atomic E-state index is 10.1. The lowest BCUT2D eigenvalue weighted by Crippen LogP contribution is -2.38. The Morgan fingerprint density at radius 1 is 0.667 bits per heavy atom. The van der Waals surface area contributed by atoms with Gasteiger partial charge in [-0.3, -0.25) is 33.7 Å². The van der Waals surface area contributed by atoms with Gasteiger partial charge in [0.2, 0.25) is 0 Å². The van der Waals surface area contributed by atoms with Crippen LogP contribution in [0.3, 0.4) is 0 Å². The molecule has 0 heterocycles. The summed E-state index contributed by atoms with van der Waals surface area (Å²) in [5.74, 6) is -10.5. The van der Waals surface area contributed by atoms with E-state index >= 15 is 0 Å². The third kappa shape index (κ3) is 58.8. The van der Waals surface area contributed by atoms with E-state index in [1.54, 1.807) is 0 Å². The van der Waals surface area contributed by atoms with Crippen molar-refractivity contribution in [3.8, 4) is 0 Å². The fourth-order valence-electron chi connectivity index (χ4n) is 1.76. The van der Waals surface area contributed by atoms with Gasteiger partial charge >= 0.3 is 47.8 Å². The molecule has 0 aliphatic heterocycles. The van der Waals surface area contributed by atoms with Crippen LogP contribution >= 0.6 is 0 Å². The number of carboxylic acid groups (broad SMARTS) is 8. The minimum Gasteiger partial charge on any atom is -0.481 e. The van der Waals surface area contributed by atoms with Crippen molar-refractivity contribution in [2.75, 3.05) is 26.2 Å². The predicted molar refractivity (Wildman–Crippen MR) is 153 cm³/mol. The molecule has 0 saturated carbocycles. The minimum absolute atomic E-state index is 0.296. The first-order valence-corrected chi connectivity index (χ1v) is 11.9. The van der Waals surface area contributed by atoms with Crippen LogP contribution in [0.25, 0.3) is 0 Å². The molecule has 1 aromatic rings. The van der Waals surface area contributed by atoms with Crippen LogP contribution in [0.1, 0.15) is 25.7 Å². The summed E-state index contributed by atoms with van der Waals surface area (Å²) in [5, 5.41) is 63.7. The molecule has 45 heavy (non-hydrogen) atoms. The van der Waals surface area contributed by atoms with Gasteiger partial charge in [-0.2, -0.15) is 0 Å². The van der Waals surface area contributed by atoms with Gasteiger partial charge in [-0.15, -0.1) is 5.73 Å². The highest BCUT2D eigenvalue weighted by molar-refractivity contribution is 6.27. The Kier molecular flexibility index (Phi) is 37.7. The monoisotopic (exact) mass is 648 g/mol. The summed E-state index contributed by atoms with van der Waals surface area (Å²) in [7, 11) is 0. The highest BCUT2D eigenvalue weighted by Crippen LogP contribution is 1.91. The van der Waals surface area contributed by atoms with E-state index in [2.05, 4.69) is 25.0 Å². The van der Waals surface area contributed by atoms with E-state index in [-0.39, 0.29) is 12.8 Å². The van der Waals surface area contributed by atoms with Crippen LogP contribution in [0.5, 0.6) is 0 Å². The third-order valence-corrected chi connectivity index (χ3v) is 3.46. The standard InChI is InChI=1S/C6H9NO6.C6H5.C5H12N2O2.C4H6O4.C3H4.C2H2O4/c8-4(9)1-7(2-5(10)11)3-6(12)13;1-2-4-6-5-3-1;6-3-1-2-4(7)5(8)9;5-3(6)1-2-4(7)8;1-3-2;3-1(4)2(5)6/h1-3H2,(H,8,9)(H,10,11)(H,12,13);1-5H;4H,1-3,6-7H2,(H,8,9);1-2H2,(H,5,6)(H,7,8);1-2H2;(H,3,4)(H,5,6)/t;;4-;;;/m..0.../s1. The molecule has 0 fully saturated rings. The Balaban J connectivity index is -0.000000149. The molecule has 12 N–H and O–H groups in total. The summed E-state index contributed by atoms with van der Waals surface area (Å²) in [6.07, 6.45) is 0.546. The van der Waals surface area contributed by atoms with Crippen LogP contribution in [-0.4, -0.2) is 126 Å². The van der Waals surface area contributed by atoms with E-state index in [1.807, 2.05) is 30.3 Å². The Hall–Kier alpha value is -5.62. The molecule has 0 unspecified atom stereocenters. The van der Waals surface area contributed by atoms with E-state index in [0.717, 1.165) is 4.90 Å². The van der Waals surface area contributed by atoms with Crippen molar-refractivity contribution in [2.24, 2.45) is 11.5 Å². The zero-order valence-electron chi connectivity index (χ0n) is 24.0. The highest BCUT2D eigenvalue weighted by Gasteiger charge is 2.15. The predicted octanol–water partition coefficient (Wildman–Crippen LogP) is -0.785. The van der Waals surface area contributed by atoms with E-state index in [1.165, 1.54) is 0 Å². The first-order valence-electron chi connectivity index (χ1n) is 11.9.